The van der Waals surface area contributed by atoms with Gasteiger partial charge in [0.15, 0.2) is 0 Å². The first-order valence-electron chi connectivity index (χ1n) is 11.3. The molecule has 2 aromatic carbocycles. The third-order valence-corrected chi connectivity index (χ3v) is 6.32. The van der Waals surface area contributed by atoms with Crippen LogP contribution < -0.4 is 0 Å². The van der Waals surface area contributed by atoms with Crippen LogP contribution in [0.3, 0.4) is 0 Å². The molecule has 2 aromatic rings. The molecule has 4 heteroatoms. The number of rotatable bonds is 11. The molecule has 0 spiro atoms. The van der Waals surface area contributed by atoms with Gasteiger partial charge in [-0.05, 0) is 41.0 Å². The van der Waals surface area contributed by atoms with E-state index in [1.165, 1.54) is 0 Å². The highest BCUT2D eigenvalue weighted by Gasteiger charge is 2.32. The zero-order valence-electron chi connectivity index (χ0n) is 19.5. The van der Waals surface area contributed by atoms with E-state index in [9.17, 15) is 9.59 Å². The van der Waals surface area contributed by atoms with Crippen molar-refractivity contribution in [2.24, 2.45) is 17.3 Å². The molecule has 0 aliphatic carbocycles. The van der Waals surface area contributed by atoms with Crippen molar-refractivity contribution in [1.82, 2.24) is 0 Å². The van der Waals surface area contributed by atoms with Crippen LogP contribution in [0.5, 0.6) is 0 Å². The van der Waals surface area contributed by atoms with Crippen LogP contribution in [0.25, 0.3) is 11.1 Å². The van der Waals surface area contributed by atoms with Crippen molar-refractivity contribution in [2.75, 3.05) is 13.2 Å². The number of benzene rings is 2. The van der Waals surface area contributed by atoms with Crippen LogP contribution in [0.1, 0.15) is 64.2 Å². The third-order valence-electron chi connectivity index (χ3n) is 6.32. The SMILES string of the molecule is CCC(C)(CC)CC(C(=O)OCCOC(=O)c1ccc(-c2ccccc2)cc1)C(C)C. The highest BCUT2D eigenvalue weighted by Crippen LogP contribution is 2.36. The molecule has 0 aliphatic heterocycles. The highest BCUT2D eigenvalue weighted by atomic mass is 16.6. The van der Waals surface area contributed by atoms with Gasteiger partial charge in [-0.2, -0.15) is 0 Å². The van der Waals surface area contributed by atoms with E-state index in [0.717, 1.165) is 30.4 Å². The molecule has 0 fully saturated rings. The number of esters is 2. The Morgan fingerprint density at radius 2 is 1.39 bits per heavy atom. The van der Waals surface area contributed by atoms with Crippen molar-refractivity contribution in [2.45, 2.75) is 53.9 Å². The van der Waals surface area contributed by atoms with Gasteiger partial charge in [0.1, 0.15) is 13.2 Å². The molecular weight excluding hydrogens is 388 g/mol. The first-order valence-corrected chi connectivity index (χ1v) is 11.3. The van der Waals surface area contributed by atoms with Gasteiger partial charge in [-0.25, -0.2) is 4.79 Å². The van der Waals surface area contributed by atoms with Crippen LogP contribution in [0, 0.1) is 17.3 Å². The van der Waals surface area contributed by atoms with Gasteiger partial charge in [-0.1, -0.05) is 89.9 Å². The van der Waals surface area contributed by atoms with E-state index in [-0.39, 0.29) is 36.4 Å². The Morgan fingerprint density at radius 3 is 1.94 bits per heavy atom. The van der Waals surface area contributed by atoms with Gasteiger partial charge >= 0.3 is 11.9 Å². The average molecular weight is 425 g/mol. The Kier molecular flexibility index (Phi) is 9.29. The fraction of sp³-hybridized carbons (Fsp3) is 0.481. The number of carbonyl (C=O) groups is 2. The molecule has 0 amide bonds. The fourth-order valence-electron chi connectivity index (χ4n) is 3.56. The molecule has 0 saturated heterocycles. The average Bonchev–Trinajstić information content (AvgIpc) is 2.80. The van der Waals surface area contributed by atoms with Gasteiger partial charge in [-0.15, -0.1) is 0 Å². The Balaban J connectivity index is 1.83. The van der Waals surface area contributed by atoms with Crippen molar-refractivity contribution in [1.29, 1.82) is 0 Å². The zero-order chi connectivity index (χ0) is 22.9. The maximum Gasteiger partial charge on any atom is 0.338 e. The molecule has 1 unspecified atom stereocenters. The Bertz CT molecular complexity index is 820. The monoisotopic (exact) mass is 424 g/mol. The molecule has 31 heavy (non-hydrogen) atoms. The second-order valence-electron chi connectivity index (χ2n) is 8.82. The molecule has 0 aliphatic rings. The molecular formula is C27H36O4. The lowest BCUT2D eigenvalue weighted by Crippen LogP contribution is -2.30. The lowest BCUT2D eigenvalue weighted by molar-refractivity contribution is -0.152. The summed E-state index contributed by atoms with van der Waals surface area (Å²) < 4.78 is 10.7. The minimum Gasteiger partial charge on any atom is -0.462 e. The maximum atomic E-state index is 12.6. The minimum atomic E-state index is -0.416. The zero-order valence-corrected chi connectivity index (χ0v) is 19.5. The maximum absolute atomic E-state index is 12.6. The summed E-state index contributed by atoms with van der Waals surface area (Å²) >= 11 is 0. The largest absolute Gasteiger partial charge is 0.462 e. The molecule has 4 nitrogen and oxygen atoms in total. The van der Waals surface area contributed by atoms with Crippen molar-refractivity contribution >= 4 is 11.9 Å². The topological polar surface area (TPSA) is 52.6 Å². The molecule has 2 rings (SSSR count). The summed E-state index contributed by atoms with van der Waals surface area (Å²) in [5.74, 6) is -0.561. The van der Waals surface area contributed by atoms with Crippen molar-refractivity contribution in [3.63, 3.8) is 0 Å². The Hall–Kier alpha value is -2.62. The van der Waals surface area contributed by atoms with Crippen LogP contribution in [-0.2, 0) is 14.3 Å². The van der Waals surface area contributed by atoms with Gasteiger partial charge in [-0.3, -0.25) is 4.79 Å². The normalized spacial score (nSPS) is 12.5. The van der Waals surface area contributed by atoms with Crippen LogP contribution in [0.2, 0.25) is 0 Å². The molecule has 0 radical (unpaired) electrons. The van der Waals surface area contributed by atoms with Crippen molar-refractivity contribution < 1.29 is 19.1 Å². The predicted molar refractivity (Wildman–Crippen MR) is 125 cm³/mol. The van der Waals surface area contributed by atoms with Gasteiger partial charge < -0.3 is 9.47 Å². The van der Waals surface area contributed by atoms with Crippen molar-refractivity contribution in [3.8, 4) is 11.1 Å². The summed E-state index contributed by atoms with van der Waals surface area (Å²) in [6.07, 6.45) is 2.87. The molecule has 168 valence electrons. The smallest absolute Gasteiger partial charge is 0.338 e. The number of hydrogen-bond acceptors (Lipinski definition) is 4. The number of carbonyl (C=O) groups excluding carboxylic acids is 2. The van der Waals surface area contributed by atoms with Crippen LogP contribution in [-0.4, -0.2) is 25.2 Å². The number of ether oxygens (including phenoxy) is 2. The summed E-state index contributed by atoms with van der Waals surface area (Å²) in [5, 5.41) is 0. The van der Waals surface area contributed by atoms with Crippen LogP contribution in [0.15, 0.2) is 54.6 Å². The summed E-state index contributed by atoms with van der Waals surface area (Å²) in [4.78, 5) is 24.9. The van der Waals surface area contributed by atoms with Gasteiger partial charge in [0.25, 0.3) is 0 Å². The molecule has 0 aromatic heterocycles. The minimum absolute atomic E-state index is 0.0502. The summed E-state index contributed by atoms with van der Waals surface area (Å²) in [5.41, 5.74) is 2.74. The Morgan fingerprint density at radius 1 is 0.839 bits per heavy atom. The third kappa shape index (κ3) is 7.23. The van der Waals surface area contributed by atoms with E-state index < -0.39 is 5.97 Å². The lowest BCUT2D eigenvalue weighted by atomic mass is 9.74. The molecule has 0 heterocycles. The van der Waals surface area contributed by atoms with E-state index in [2.05, 4.69) is 34.6 Å². The van der Waals surface area contributed by atoms with E-state index in [0.29, 0.717) is 5.56 Å². The second-order valence-corrected chi connectivity index (χ2v) is 8.82. The van der Waals surface area contributed by atoms with Crippen LogP contribution >= 0.6 is 0 Å². The van der Waals surface area contributed by atoms with E-state index >= 15 is 0 Å². The predicted octanol–water partition coefficient (Wildman–Crippen LogP) is 6.54. The van der Waals surface area contributed by atoms with Gasteiger partial charge in [0.2, 0.25) is 0 Å². The molecule has 0 N–H and O–H groups in total. The first-order chi connectivity index (χ1) is 14.8. The highest BCUT2D eigenvalue weighted by molar-refractivity contribution is 5.90. The molecule has 1 atom stereocenters. The van der Waals surface area contributed by atoms with E-state index in [1.54, 1.807) is 12.1 Å². The first kappa shape index (κ1) is 24.6. The summed E-state index contributed by atoms with van der Waals surface area (Å²) in [6.45, 7) is 10.8. The van der Waals surface area contributed by atoms with Crippen molar-refractivity contribution in [3.05, 3.63) is 60.2 Å². The summed E-state index contributed by atoms with van der Waals surface area (Å²) in [7, 11) is 0. The standard InChI is InChI=1S/C27H36O4/c1-6-27(5,7-2)19-24(20(3)4)26(29)31-18-17-30-25(28)23-15-13-22(14-16-23)21-11-9-8-10-12-21/h8-16,20,24H,6-7,17-19H2,1-5H3. The quantitative estimate of drug-likeness (QED) is 0.303. The van der Waals surface area contributed by atoms with E-state index in [4.69, 9.17) is 9.47 Å². The summed E-state index contributed by atoms with van der Waals surface area (Å²) in [6, 6.07) is 17.3. The molecule has 0 bridgehead atoms. The lowest BCUT2D eigenvalue weighted by Gasteiger charge is -2.32. The number of hydrogen-bond donors (Lipinski definition) is 0. The van der Waals surface area contributed by atoms with Gasteiger partial charge in [0, 0.05) is 0 Å². The van der Waals surface area contributed by atoms with Crippen LogP contribution in [0.4, 0.5) is 0 Å². The second kappa shape index (κ2) is 11.7. The fourth-order valence-corrected chi connectivity index (χ4v) is 3.56. The Labute approximate surface area is 187 Å². The van der Waals surface area contributed by atoms with E-state index in [1.807, 2.05) is 42.5 Å². The van der Waals surface area contributed by atoms with Gasteiger partial charge in [0.05, 0.1) is 11.5 Å². The molecule has 0 saturated carbocycles.